The van der Waals surface area contributed by atoms with E-state index in [2.05, 4.69) is 152 Å². The Morgan fingerprint density at radius 1 is 0.511 bits per heavy atom. The smallest absolute Gasteiger partial charge is 0.171 e. The van der Waals surface area contributed by atoms with Crippen molar-refractivity contribution in [2.24, 2.45) is 0 Å². The molecule has 0 saturated carbocycles. The Morgan fingerprint density at radius 3 is 1.33 bits per heavy atom. The Morgan fingerprint density at radius 2 is 0.911 bits per heavy atom. The van der Waals surface area contributed by atoms with Gasteiger partial charge in [-0.05, 0) is 59.8 Å². The third kappa shape index (κ3) is 4.62. The van der Waals surface area contributed by atoms with Gasteiger partial charge in [0.15, 0.2) is 12.4 Å². The van der Waals surface area contributed by atoms with E-state index in [1.165, 1.54) is 31.8 Å². The summed E-state index contributed by atoms with van der Waals surface area (Å²) in [7, 11) is -1.93. The lowest BCUT2D eigenvalue weighted by molar-refractivity contribution is -0.115. The van der Waals surface area contributed by atoms with Gasteiger partial charge in [-0.3, -0.25) is 4.79 Å². The molecule has 218 valence electrons. The summed E-state index contributed by atoms with van der Waals surface area (Å²) in [5, 5.41) is 7.39. The van der Waals surface area contributed by atoms with Crippen molar-refractivity contribution >= 4 is 54.0 Å². The summed E-state index contributed by atoms with van der Waals surface area (Å²) >= 11 is 0. The molecule has 8 rings (SSSR count). The number of fused-ring (bicyclic) bond motifs is 4. The van der Waals surface area contributed by atoms with Gasteiger partial charge >= 0.3 is 0 Å². The molecule has 2 aliphatic heterocycles. The second-order valence-corrected chi connectivity index (χ2v) is 15.6. The Bertz CT molecular complexity index is 1790. The monoisotopic (exact) mass is 620 g/mol. The third-order valence-electron chi connectivity index (χ3n) is 8.76. The number of ether oxygens (including phenoxy) is 2. The molecule has 45 heavy (non-hydrogen) atoms. The minimum atomic E-state index is -0.963. The first-order valence-electron chi connectivity index (χ1n) is 15.1. The van der Waals surface area contributed by atoms with Gasteiger partial charge in [-0.15, -0.1) is 0 Å². The van der Waals surface area contributed by atoms with Crippen LogP contribution in [0.15, 0.2) is 158 Å². The molecule has 3 nitrogen and oxygen atoms in total. The zero-order valence-electron chi connectivity index (χ0n) is 24.5. The number of carbonyl (C=O) groups excluding carboxylic acids is 1. The van der Waals surface area contributed by atoms with Crippen LogP contribution in [0.3, 0.4) is 0 Å². The Balaban J connectivity index is 1.41. The van der Waals surface area contributed by atoms with Crippen molar-refractivity contribution in [1.29, 1.82) is 0 Å². The number of hydrogen-bond donors (Lipinski definition) is 0. The van der Waals surface area contributed by atoms with Gasteiger partial charge in [0.05, 0.1) is 0 Å². The van der Waals surface area contributed by atoms with Crippen LogP contribution in [0.1, 0.15) is 11.1 Å². The van der Waals surface area contributed by atoms with Crippen molar-refractivity contribution in [3.63, 3.8) is 0 Å². The fourth-order valence-electron chi connectivity index (χ4n) is 6.90. The van der Waals surface area contributed by atoms with Gasteiger partial charge in [-0.2, -0.15) is 0 Å². The first-order chi connectivity index (χ1) is 22.3. The number of benzene rings is 6. The van der Waals surface area contributed by atoms with Crippen molar-refractivity contribution in [1.82, 2.24) is 0 Å². The fourth-order valence-corrected chi connectivity index (χ4v) is 12.0. The highest BCUT2D eigenvalue weighted by Gasteiger charge is 2.58. The first kappa shape index (κ1) is 28.0. The molecule has 0 N–H and O–H groups in total. The molecule has 0 fully saturated rings. The topological polar surface area (TPSA) is 35.5 Å². The summed E-state index contributed by atoms with van der Waals surface area (Å²) in [5.41, 5.74) is 1.35. The van der Waals surface area contributed by atoms with E-state index in [0.717, 1.165) is 28.9 Å². The number of hydrogen-bond acceptors (Lipinski definition) is 3. The summed E-state index contributed by atoms with van der Waals surface area (Å²) in [5.74, 6) is 1.59. The van der Waals surface area contributed by atoms with Gasteiger partial charge in [0.2, 0.25) is 0 Å². The molecule has 2 aliphatic rings. The third-order valence-corrected chi connectivity index (χ3v) is 13.7. The Kier molecular flexibility index (Phi) is 7.30. The van der Waals surface area contributed by atoms with Crippen molar-refractivity contribution in [3.8, 4) is 11.5 Å². The maximum absolute atomic E-state index is 13.1. The van der Waals surface area contributed by atoms with Gasteiger partial charge in [0.25, 0.3) is 0 Å². The van der Waals surface area contributed by atoms with Gasteiger partial charge in [0.1, 0.15) is 23.5 Å². The summed E-state index contributed by atoms with van der Waals surface area (Å²) < 4.78 is 13.2. The zero-order chi connectivity index (χ0) is 30.2. The lowest BCUT2D eigenvalue weighted by Crippen LogP contribution is -2.47. The zero-order valence-corrected chi connectivity index (χ0v) is 26.3. The van der Waals surface area contributed by atoms with Crippen LogP contribution in [0.4, 0.5) is 0 Å². The highest BCUT2D eigenvalue weighted by Crippen LogP contribution is 2.56. The Hall–Kier alpha value is -4.55. The predicted octanol–water partition coefficient (Wildman–Crippen LogP) is 5.84. The molecule has 0 bridgehead atoms. The Labute approximate surface area is 266 Å². The normalized spacial score (nSPS) is 18.0. The summed E-state index contributed by atoms with van der Waals surface area (Å²) in [6.45, 7) is 0.340. The van der Waals surface area contributed by atoms with Crippen molar-refractivity contribution in [2.45, 2.75) is 11.5 Å². The SMILES string of the molecule is O=C[C@H]1Oc2cccc(P(c3ccccc3)c3ccccc3)c2C12COc1cccc(P(c3ccccc3)c3ccccc3)c12. The van der Waals surface area contributed by atoms with Crippen LogP contribution < -0.4 is 41.3 Å². The number of rotatable bonds is 7. The van der Waals surface area contributed by atoms with E-state index in [9.17, 15) is 4.79 Å². The van der Waals surface area contributed by atoms with Crippen molar-refractivity contribution in [2.75, 3.05) is 6.61 Å². The van der Waals surface area contributed by atoms with Crippen LogP contribution in [-0.2, 0) is 10.2 Å². The molecule has 0 saturated heterocycles. The van der Waals surface area contributed by atoms with Crippen molar-refractivity contribution in [3.05, 3.63) is 169 Å². The minimum Gasteiger partial charge on any atom is -0.492 e. The van der Waals surface area contributed by atoms with Crippen LogP contribution >= 0.6 is 15.8 Å². The molecule has 1 unspecified atom stereocenters. The molecule has 6 aromatic rings. The first-order valence-corrected chi connectivity index (χ1v) is 17.8. The van der Waals surface area contributed by atoms with E-state index in [1.54, 1.807) is 0 Å². The predicted molar refractivity (Wildman–Crippen MR) is 187 cm³/mol. The van der Waals surface area contributed by atoms with Crippen LogP contribution in [0.25, 0.3) is 0 Å². The second-order valence-electron chi connectivity index (χ2n) is 11.2. The summed E-state index contributed by atoms with van der Waals surface area (Å²) in [6, 6.07) is 55.5. The molecule has 5 heteroatoms. The van der Waals surface area contributed by atoms with Crippen LogP contribution in [0.5, 0.6) is 11.5 Å². The molecule has 6 aromatic carbocycles. The molecular formula is C40H30O3P2. The van der Waals surface area contributed by atoms with Gasteiger partial charge in [0, 0.05) is 11.1 Å². The highest BCUT2D eigenvalue weighted by molar-refractivity contribution is 7.80. The van der Waals surface area contributed by atoms with E-state index in [0.29, 0.717) is 6.61 Å². The lowest BCUT2D eigenvalue weighted by Gasteiger charge is -2.33. The average molecular weight is 621 g/mol. The lowest BCUT2D eigenvalue weighted by atomic mass is 9.73. The average Bonchev–Trinajstić information content (AvgIpc) is 3.66. The van der Waals surface area contributed by atoms with E-state index in [1.807, 2.05) is 6.07 Å². The number of aldehydes is 1. The van der Waals surface area contributed by atoms with E-state index in [4.69, 9.17) is 9.47 Å². The van der Waals surface area contributed by atoms with E-state index < -0.39 is 27.4 Å². The quantitative estimate of drug-likeness (QED) is 0.166. The maximum atomic E-state index is 13.1. The fraction of sp³-hybridized carbons (Fsp3) is 0.0750. The van der Waals surface area contributed by atoms with Crippen LogP contribution in [0, 0.1) is 0 Å². The molecule has 0 aromatic heterocycles. The molecule has 0 amide bonds. The second kappa shape index (κ2) is 11.8. The molecule has 2 heterocycles. The van der Waals surface area contributed by atoms with E-state index in [-0.39, 0.29) is 0 Å². The summed E-state index contributed by atoms with van der Waals surface area (Å²) in [4.78, 5) is 13.1. The number of carbonyl (C=O) groups is 1. The minimum absolute atomic E-state index is 0.340. The molecular weight excluding hydrogens is 590 g/mol. The summed E-state index contributed by atoms with van der Waals surface area (Å²) in [6.07, 6.45) is 0.266. The largest absolute Gasteiger partial charge is 0.492 e. The van der Waals surface area contributed by atoms with Gasteiger partial charge in [-0.1, -0.05) is 146 Å². The van der Waals surface area contributed by atoms with Gasteiger partial charge < -0.3 is 9.47 Å². The standard InChI is InChI=1S/C40H30O3P2/c41-27-37-40(39-34(43-37)24-14-26-36(39)45(31-19-9-3-10-20-31)32-21-11-4-12-22-32)28-42-33-23-13-25-35(38(33)40)44(29-15-5-1-6-16-29)30-17-7-2-8-18-30/h1-27,37H,28H2/t37-,40?/m1/s1. The van der Waals surface area contributed by atoms with E-state index >= 15 is 0 Å². The van der Waals surface area contributed by atoms with Crippen LogP contribution in [0.2, 0.25) is 0 Å². The molecule has 0 aliphatic carbocycles. The van der Waals surface area contributed by atoms with Gasteiger partial charge in [-0.25, -0.2) is 0 Å². The maximum Gasteiger partial charge on any atom is 0.171 e. The highest BCUT2D eigenvalue weighted by atomic mass is 31.1. The molecule has 0 radical (unpaired) electrons. The molecule has 1 spiro atoms. The molecule has 2 atom stereocenters. The van der Waals surface area contributed by atoms with Crippen molar-refractivity contribution < 1.29 is 14.3 Å². The van der Waals surface area contributed by atoms with Crippen LogP contribution in [-0.4, -0.2) is 19.0 Å².